The molecule has 2 unspecified atom stereocenters. The number of aliphatic hydroxyl groups excluding tert-OH is 1. The number of fused-ring (bicyclic) bond motifs is 1. The lowest BCUT2D eigenvalue weighted by atomic mass is 9.90. The summed E-state index contributed by atoms with van der Waals surface area (Å²) in [6, 6.07) is 14.0. The summed E-state index contributed by atoms with van der Waals surface area (Å²) >= 11 is 6.19. The van der Waals surface area contributed by atoms with Gasteiger partial charge in [0.25, 0.3) is 0 Å². The molecule has 1 N–H and O–H groups in total. The standard InChI is InChI=1S/C28H25ClF7NO3.CH4/c1-2-16-13-18(9-11-21(16)29)39-24-8-4-7-23-20(24)10-12-22(37(23)15-25(38)27(32,33)34)17-5-3-6-19(14-17)40-28(35,36)26(30)31;/h3-9,11,13-14,22,25-26,38H,2,10,12,15H2,1H3;1H4. The maximum Gasteiger partial charge on any atom is 0.461 e. The van der Waals surface area contributed by atoms with Crippen LogP contribution in [0.4, 0.5) is 36.4 Å². The average Bonchev–Trinajstić information content (AvgIpc) is 2.89. The molecule has 0 aromatic heterocycles. The van der Waals surface area contributed by atoms with Gasteiger partial charge in [-0.05, 0) is 72.9 Å². The Bertz CT molecular complexity index is 1340. The van der Waals surface area contributed by atoms with Crippen LogP contribution < -0.4 is 14.4 Å². The fourth-order valence-electron chi connectivity index (χ4n) is 4.64. The van der Waals surface area contributed by atoms with Gasteiger partial charge in [0.15, 0.2) is 6.10 Å². The van der Waals surface area contributed by atoms with E-state index >= 15 is 0 Å². The van der Waals surface area contributed by atoms with Crippen LogP contribution in [0, 0.1) is 0 Å². The molecule has 2 atom stereocenters. The fraction of sp³-hybridized carbons (Fsp3) is 0.379. The van der Waals surface area contributed by atoms with Crippen LogP contribution in [0.2, 0.25) is 5.02 Å². The highest BCUT2D eigenvalue weighted by molar-refractivity contribution is 6.31. The van der Waals surface area contributed by atoms with E-state index in [1.165, 1.54) is 17.0 Å². The Labute approximate surface area is 238 Å². The summed E-state index contributed by atoms with van der Waals surface area (Å²) in [4.78, 5) is 1.31. The van der Waals surface area contributed by atoms with Crippen molar-refractivity contribution in [2.45, 2.75) is 64.5 Å². The number of aryl methyl sites for hydroxylation is 1. The van der Waals surface area contributed by atoms with E-state index in [9.17, 15) is 35.8 Å². The second-order valence-corrected chi connectivity index (χ2v) is 9.67. The van der Waals surface area contributed by atoms with Crippen molar-refractivity contribution in [2.75, 3.05) is 11.4 Å². The Morgan fingerprint density at radius 1 is 1.00 bits per heavy atom. The van der Waals surface area contributed by atoms with E-state index in [1.54, 1.807) is 36.4 Å². The number of alkyl halides is 7. The highest BCUT2D eigenvalue weighted by Gasteiger charge is 2.44. The van der Waals surface area contributed by atoms with Gasteiger partial charge in [0.05, 0.1) is 12.6 Å². The molecule has 0 fully saturated rings. The largest absolute Gasteiger partial charge is 0.461 e. The van der Waals surface area contributed by atoms with Crippen molar-refractivity contribution >= 4 is 17.3 Å². The average molecular weight is 608 g/mol. The van der Waals surface area contributed by atoms with Gasteiger partial charge in [-0.1, -0.05) is 44.2 Å². The van der Waals surface area contributed by atoms with Crippen molar-refractivity contribution in [2.24, 2.45) is 0 Å². The second-order valence-electron chi connectivity index (χ2n) is 9.26. The minimum atomic E-state index is -4.93. The molecule has 1 heterocycles. The number of aliphatic hydroxyl groups is 1. The molecule has 0 bridgehead atoms. The molecule has 3 aromatic carbocycles. The van der Waals surface area contributed by atoms with E-state index < -0.39 is 43.2 Å². The number of anilines is 1. The lowest BCUT2D eigenvalue weighted by Crippen LogP contribution is -2.44. The molecule has 224 valence electrons. The third kappa shape index (κ3) is 7.37. The van der Waals surface area contributed by atoms with E-state index in [0.717, 1.165) is 17.7 Å². The first kappa shape index (κ1) is 32.3. The molecule has 0 radical (unpaired) electrons. The van der Waals surface area contributed by atoms with Crippen LogP contribution in [-0.4, -0.2) is 36.5 Å². The molecule has 0 saturated heterocycles. The normalized spacial score (nSPS) is 16.2. The van der Waals surface area contributed by atoms with Crippen molar-refractivity contribution in [3.63, 3.8) is 0 Å². The number of hydrogen-bond acceptors (Lipinski definition) is 4. The number of hydrogen-bond donors (Lipinski definition) is 1. The van der Waals surface area contributed by atoms with Crippen LogP contribution in [-0.2, 0) is 12.8 Å². The van der Waals surface area contributed by atoms with E-state index in [0.29, 0.717) is 40.6 Å². The molecular formula is C29H29ClF7NO3. The van der Waals surface area contributed by atoms with Crippen LogP contribution in [0.5, 0.6) is 17.2 Å². The summed E-state index contributed by atoms with van der Waals surface area (Å²) in [6.45, 7) is 1.05. The van der Waals surface area contributed by atoms with Crippen LogP contribution in [0.3, 0.4) is 0 Å². The van der Waals surface area contributed by atoms with Crippen molar-refractivity contribution < 1.29 is 45.3 Å². The summed E-state index contributed by atoms with van der Waals surface area (Å²) in [6.07, 6.45) is -15.3. The predicted octanol–water partition coefficient (Wildman–Crippen LogP) is 8.98. The third-order valence-electron chi connectivity index (χ3n) is 6.59. The summed E-state index contributed by atoms with van der Waals surface area (Å²) < 4.78 is 103. The Morgan fingerprint density at radius 3 is 2.37 bits per heavy atom. The highest BCUT2D eigenvalue weighted by Crippen LogP contribution is 2.45. The zero-order chi connectivity index (χ0) is 29.2. The van der Waals surface area contributed by atoms with Gasteiger partial charge in [0.2, 0.25) is 0 Å². The molecule has 4 rings (SSSR count). The summed E-state index contributed by atoms with van der Waals surface area (Å²) in [5.41, 5.74) is 2.02. The Morgan fingerprint density at radius 2 is 1.71 bits per heavy atom. The van der Waals surface area contributed by atoms with Crippen molar-refractivity contribution in [1.29, 1.82) is 0 Å². The lowest BCUT2D eigenvalue weighted by molar-refractivity contribution is -0.253. The Balaban J connectivity index is 0.00000462. The molecule has 1 aliphatic rings. The zero-order valence-electron chi connectivity index (χ0n) is 21.1. The summed E-state index contributed by atoms with van der Waals surface area (Å²) in [7, 11) is 0. The van der Waals surface area contributed by atoms with Gasteiger partial charge in [-0.15, -0.1) is 0 Å². The molecule has 3 aromatic rings. The van der Waals surface area contributed by atoms with Gasteiger partial charge < -0.3 is 19.5 Å². The minimum absolute atomic E-state index is 0. The molecule has 12 heteroatoms. The highest BCUT2D eigenvalue weighted by atomic mass is 35.5. The third-order valence-corrected chi connectivity index (χ3v) is 6.95. The number of rotatable bonds is 9. The first-order valence-electron chi connectivity index (χ1n) is 12.3. The van der Waals surface area contributed by atoms with Gasteiger partial charge in [0.1, 0.15) is 17.2 Å². The second kappa shape index (κ2) is 12.8. The van der Waals surface area contributed by atoms with E-state index in [2.05, 4.69) is 4.74 Å². The van der Waals surface area contributed by atoms with Crippen LogP contribution in [0.25, 0.3) is 0 Å². The van der Waals surface area contributed by atoms with E-state index in [-0.39, 0.29) is 19.4 Å². The molecule has 1 aliphatic heterocycles. The molecular weight excluding hydrogens is 579 g/mol. The smallest absolute Gasteiger partial charge is 0.457 e. The summed E-state index contributed by atoms with van der Waals surface area (Å²) in [5.74, 6) is 0.292. The lowest BCUT2D eigenvalue weighted by Gasteiger charge is -2.41. The SMILES string of the molecule is C.CCc1cc(Oc2cccc3c2CCC(c2cccc(OC(F)(F)C(F)F)c2)N3CC(O)C(F)(F)F)ccc1Cl. The number of nitrogens with zero attached hydrogens (tertiary/aromatic N) is 1. The van der Waals surface area contributed by atoms with Crippen LogP contribution >= 0.6 is 11.6 Å². The maximum absolute atomic E-state index is 13.5. The topological polar surface area (TPSA) is 41.9 Å². The monoisotopic (exact) mass is 607 g/mol. The van der Waals surface area contributed by atoms with Gasteiger partial charge in [-0.25, -0.2) is 0 Å². The first-order valence-corrected chi connectivity index (χ1v) is 12.7. The molecule has 41 heavy (non-hydrogen) atoms. The van der Waals surface area contributed by atoms with Crippen LogP contribution in [0.1, 0.15) is 43.5 Å². The number of benzene rings is 3. The van der Waals surface area contributed by atoms with Gasteiger partial charge >= 0.3 is 18.7 Å². The predicted molar refractivity (Wildman–Crippen MR) is 143 cm³/mol. The first-order chi connectivity index (χ1) is 18.8. The molecule has 0 spiro atoms. The fourth-order valence-corrected chi connectivity index (χ4v) is 4.89. The van der Waals surface area contributed by atoms with Gasteiger partial charge in [-0.3, -0.25) is 0 Å². The quantitative estimate of drug-likeness (QED) is 0.247. The van der Waals surface area contributed by atoms with Gasteiger partial charge in [-0.2, -0.15) is 30.7 Å². The molecule has 0 amide bonds. The molecule has 4 nitrogen and oxygen atoms in total. The van der Waals surface area contributed by atoms with Crippen LogP contribution in [0.15, 0.2) is 60.7 Å². The number of ether oxygens (including phenoxy) is 2. The number of β-amino-alcohol motifs (C(OH)–C–C–N with tert-alkyl or cyclic N) is 1. The zero-order valence-corrected chi connectivity index (χ0v) is 21.8. The van der Waals surface area contributed by atoms with Crippen molar-refractivity contribution in [1.82, 2.24) is 0 Å². The van der Waals surface area contributed by atoms with E-state index in [4.69, 9.17) is 16.3 Å². The Kier molecular flexibility index (Phi) is 10.1. The van der Waals surface area contributed by atoms with Gasteiger partial charge in [0, 0.05) is 16.3 Å². The minimum Gasteiger partial charge on any atom is -0.457 e. The summed E-state index contributed by atoms with van der Waals surface area (Å²) in [5, 5.41) is 10.5. The van der Waals surface area contributed by atoms with Crippen molar-refractivity contribution in [3.8, 4) is 17.2 Å². The molecule has 0 saturated carbocycles. The Hall–Kier alpha value is -3.18. The maximum atomic E-state index is 13.5. The molecule has 0 aliphatic carbocycles. The van der Waals surface area contributed by atoms with Crippen molar-refractivity contribution in [3.05, 3.63) is 82.4 Å². The van der Waals surface area contributed by atoms with E-state index in [1.807, 2.05) is 6.92 Å². The number of halogens is 8.